The van der Waals surface area contributed by atoms with Crippen LogP contribution in [0.4, 0.5) is 0 Å². The first kappa shape index (κ1) is 13.9. The number of nitrogens with one attached hydrogen (secondary N) is 1. The Morgan fingerprint density at radius 1 is 1.35 bits per heavy atom. The molecule has 0 spiro atoms. The highest BCUT2D eigenvalue weighted by atomic mass is 16.5. The number of rotatable bonds is 7. The predicted molar refractivity (Wildman–Crippen MR) is 69.1 cm³/mol. The van der Waals surface area contributed by atoms with Gasteiger partial charge in [-0.3, -0.25) is 0 Å². The number of aromatic nitrogens is 2. The monoisotopic (exact) mass is 237 g/mol. The highest BCUT2D eigenvalue weighted by Gasteiger charge is 2.14. The smallest absolute Gasteiger partial charge is 0.216 e. The quantitative estimate of drug-likeness (QED) is 0.791. The molecule has 0 amide bonds. The van der Waals surface area contributed by atoms with E-state index in [-0.39, 0.29) is 6.04 Å². The van der Waals surface area contributed by atoms with Crippen LogP contribution in [0.1, 0.15) is 45.3 Å². The van der Waals surface area contributed by atoms with Crippen molar-refractivity contribution < 1.29 is 4.74 Å². The molecule has 1 N–H and O–H groups in total. The van der Waals surface area contributed by atoms with Gasteiger partial charge in [-0.1, -0.05) is 20.8 Å². The maximum Gasteiger partial charge on any atom is 0.216 e. The number of methoxy groups -OCH3 is 1. The summed E-state index contributed by atoms with van der Waals surface area (Å²) in [6.45, 7) is 7.61. The van der Waals surface area contributed by atoms with Gasteiger partial charge in [0.1, 0.15) is 6.33 Å². The number of hydrogen-bond donors (Lipinski definition) is 1. The molecule has 1 atom stereocenters. The predicted octanol–water partition coefficient (Wildman–Crippen LogP) is 2.57. The second-order valence-electron chi connectivity index (χ2n) is 4.62. The van der Waals surface area contributed by atoms with Gasteiger partial charge in [0.05, 0.1) is 12.8 Å². The van der Waals surface area contributed by atoms with Crippen molar-refractivity contribution >= 4 is 0 Å². The van der Waals surface area contributed by atoms with Crippen molar-refractivity contribution in [2.75, 3.05) is 13.7 Å². The van der Waals surface area contributed by atoms with Crippen molar-refractivity contribution in [3.8, 4) is 5.88 Å². The minimum atomic E-state index is 0.284. The minimum absolute atomic E-state index is 0.284. The van der Waals surface area contributed by atoms with E-state index in [1.807, 2.05) is 6.07 Å². The molecule has 0 radical (unpaired) electrons. The second-order valence-corrected chi connectivity index (χ2v) is 4.62. The fourth-order valence-electron chi connectivity index (χ4n) is 1.75. The van der Waals surface area contributed by atoms with E-state index < -0.39 is 0 Å². The van der Waals surface area contributed by atoms with Crippen molar-refractivity contribution in [3.63, 3.8) is 0 Å². The molecule has 0 aliphatic rings. The summed E-state index contributed by atoms with van der Waals surface area (Å²) in [6, 6.07) is 2.20. The summed E-state index contributed by atoms with van der Waals surface area (Å²) >= 11 is 0. The molecular weight excluding hydrogens is 214 g/mol. The number of ether oxygens (including phenoxy) is 1. The summed E-state index contributed by atoms with van der Waals surface area (Å²) in [5, 5.41) is 3.52. The standard InChI is InChI=1S/C13H23N3O/c1-5-6-14-11(7-10(2)3)12-8-13(17-4)16-9-15-12/h8-11,14H,5-7H2,1-4H3. The van der Waals surface area contributed by atoms with Gasteiger partial charge in [-0.05, 0) is 25.3 Å². The Kier molecular flexibility index (Phi) is 5.91. The molecule has 0 aliphatic heterocycles. The van der Waals surface area contributed by atoms with Crippen LogP contribution in [0.3, 0.4) is 0 Å². The Bertz CT molecular complexity index is 328. The van der Waals surface area contributed by atoms with Crippen molar-refractivity contribution in [1.29, 1.82) is 0 Å². The lowest BCUT2D eigenvalue weighted by molar-refractivity contribution is 0.388. The van der Waals surface area contributed by atoms with Crippen molar-refractivity contribution in [2.24, 2.45) is 5.92 Å². The third-order valence-electron chi connectivity index (χ3n) is 2.58. The van der Waals surface area contributed by atoms with Gasteiger partial charge in [0.25, 0.3) is 0 Å². The van der Waals surface area contributed by atoms with Crippen LogP contribution in [0.25, 0.3) is 0 Å². The largest absolute Gasteiger partial charge is 0.481 e. The zero-order valence-electron chi connectivity index (χ0n) is 11.2. The van der Waals surface area contributed by atoms with Gasteiger partial charge in [-0.25, -0.2) is 9.97 Å². The summed E-state index contributed by atoms with van der Waals surface area (Å²) in [6.07, 6.45) is 3.76. The van der Waals surface area contributed by atoms with Gasteiger partial charge in [0.15, 0.2) is 0 Å². The fourth-order valence-corrected chi connectivity index (χ4v) is 1.75. The Morgan fingerprint density at radius 2 is 2.12 bits per heavy atom. The lowest BCUT2D eigenvalue weighted by atomic mass is 10.0. The topological polar surface area (TPSA) is 47.0 Å². The molecule has 0 fully saturated rings. The lowest BCUT2D eigenvalue weighted by Crippen LogP contribution is -2.24. The Labute approximate surface area is 104 Å². The highest BCUT2D eigenvalue weighted by molar-refractivity contribution is 5.16. The van der Waals surface area contributed by atoms with Gasteiger partial charge in [0, 0.05) is 12.1 Å². The minimum Gasteiger partial charge on any atom is -0.481 e. The number of nitrogens with zero attached hydrogens (tertiary/aromatic N) is 2. The average Bonchev–Trinajstić information content (AvgIpc) is 2.34. The van der Waals surface area contributed by atoms with Gasteiger partial charge >= 0.3 is 0 Å². The van der Waals surface area contributed by atoms with Crippen LogP contribution in [0.15, 0.2) is 12.4 Å². The molecule has 0 aromatic carbocycles. The molecule has 0 saturated heterocycles. The summed E-state index contributed by atoms with van der Waals surface area (Å²) < 4.78 is 5.14. The molecule has 4 nitrogen and oxygen atoms in total. The van der Waals surface area contributed by atoms with E-state index in [4.69, 9.17) is 4.74 Å². The first-order chi connectivity index (χ1) is 8.17. The third kappa shape index (κ3) is 4.69. The van der Waals surface area contributed by atoms with E-state index in [9.17, 15) is 0 Å². The van der Waals surface area contributed by atoms with E-state index in [0.29, 0.717) is 11.8 Å². The van der Waals surface area contributed by atoms with E-state index in [1.165, 1.54) is 0 Å². The average molecular weight is 237 g/mol. The van der Waals surface area contributed by atoms with Crippen LogP contribution in [0, 0.1) is 5.92 Å². The van der Waals surface area contributed by atoms with E-state index in [0.717, 1.165) is 25.1 Å². The molecule has 4 heteroatoms. The van der Waals surface area contributed by atoms with Gasteiger partial charge in [-0.15, -0.1) is 0 Å². The van der Waals surface area contributed by atoms with Crippen LogP contribution < -0.4 is 10.1 Å². The molecular formula is C13H23N3O. The van der Waals surface area contributed by atoms with Gasteiger partial charge in [0.2, 0.25) is 5.88 Å². The molecule has 1 aromatic heterocycles. The van der Waals surface area contributed by atoms with Crippen LogP contribution in [0.2, 0.25) is 0 Å². The summed E-state index contributed by atoms with van der Waals surface area (Å²) in [4.78, 5) is 8.38. The van der Waals surface area contributed by atoms with Crippen LogP contribution in [-0.4, -0.2) is 23.6 Å². The van der Waals surface area contributed by atoms with Crippen LogP contribution in [-0.2, 0) is 0 Å². The summed E-state index contributed by atoms with van der Waals surface area (Å²) in [5.74, 6) is 1.26. The molecule has 96 valence electrons. The maximum atomic E-state index is 5.14. The Morgan fingerprint density at radius 3 is 2.71 bits per heavy atom. The molecule has 1 aromatic rings. The third-order valence-corrected chi connectivity index (χ3v) is 2.58. The normalized spacial score (nSPS) is 12.8. The van der Waals surface area contributed by atoms with Gasteiger partial charge in [-0.2, -0.15) is 0 Å². The Balaban J connectivity index is 2.78. The summed E-state index contributed by atoms with van der Waals surface area (Å²) in [7, 11) is 1.63. The molecule has 1 rings (SSSR count). The van der Waals surface area contributed by atoms with Crippen molar-refractivity contribution in [1.82, 2.24) is 15.3 Å². The summed E-state index contributed by atoms with van der Waals surface area (Å²) in [5.41, 5.74) is 1.01. The molecule has 0 aliphatic carbocycles. The van der Waals surface area contributed by atoms with Crippen LogP contribution in [0.5, 0.6) is 5.88 Å². The van der Waals surface area contributed by atoms with Gasteiger partial charge < -0.3 is 10.1 Å². The zero-order chi connectivity index (χ0) is 12.7. The lowest BCUT2D eigenvalue weighted by Gasteiger charge is -2.20. The molecule has 1 heterocycles. The molecule has 0 bridgehead atoms. The Hall–Kier alpha value is -1.16. The SMILES string of the molecule is CCCNC(CC(C)C)c1cc(OC)ncn1. The van der Waals surface area contributed by atoms with E-state index >= 15 is 0 Å². The highest BCUT2D eigenvalue weighted by Crippen LogP contribution is 2.21. The fraction of sp³-hybridized carbons (Fsp3) is 0.692. The molecule has 0 saturated carbocycles. The molecule has 1 unspecified atom stereocenters. The maximum absolute atomic E-state index is 5.14. The zero-order valence-corrected chi connectivity index (χ0v) is 11.2. The van der Waals surface area contributed by atoms with Crippen LogP contribution >= 0.6 is 0 Å². The first-order valence-corrected chi connectivity index (χ1v) is 6.26. The van der Waals surface area contributed by atoms with Crippen molar-refractivity contribution in [3.05, 3.63) is 18.1 Å². The van der Waals surface area contributed by atoms with E-state index in [1.54, 1.807) is 13.4 Å². The first-order valence-electron chi connectivity index (χ1n) is 6.26. The van der Waals surface area contributed by atoms with E-state index in [2.05, 4.69) is 36.1 Å². The molecule has 17 heavy (non-hydrogen) atoms. The second kappa shape index (κ2) is 7.22. The van der Waals surface area contributed by atoms with Crippen molar-refractivity contribution in [2.45, 2.75) is 39.7 Å². The number of hydrogen-bond acceptors (Lipinski definition) is 4.